The Bertz CT molecular complexity index is 272. The topological polar surface area (TPSA) is 98.7 Å². The maximum Gasteiger partial charge on any atom is 0.337 e. The maximum absolute atomic E-state index is 11.4. The van der Waals surface area contributed by atoms with Crippen LogP contribution in [0.1, 0.15) is 26.2 Å². The summed E-state index contributed by atoms with van der Waals surface area (Å²) < 4.78 is 0. The molecule has 0 radical (unpaired) electrons. The van der Waals surface area contributed by atoms with Gasteiger partial charge in [0, 0.05) is 12.5 Å². The number of amides is 1. The summed E-state index contributed by atoms with van der Waals surface area (Å²) in [6.45, 7) is 1.81. The van der Waals surface area contributed by atoms with E-state index >= 15 is 0 Å². The van der Waals surface area contributed by atoms with E-state index in [1.165, 1.54) is 0 Å². The number of aliphatic hydroxyl groups is 1. The van der Waals surface area contributed by atoms with Crippen LogP contribution in [0.3, 0.4) is 0 Å². The van der Waals surface area contributed by atoms with Crippen LogP contribution in [0.4, 0.5) is 0 Å². The van der Waals surface area contributed by atoms with Crippen LogP contribution >= 0.6 is 0 Å². The van der Waals surface area contributed by atoms with Crippen LogP contribution in [0.2, 0.25) is 0 Å². The Labute approximate surface area is 94.0 Å². The Morgan fingerprint density at radius 2 is 2.25 bits per heavy atom. The van der Waals surface area contributed by atoms with Gasteiger partial charge in [0.1, 0.15) is 0 Å². The standard InChI is InChI=1S/C10H18N2O4/c1-10(16,9(14)15)6-12-8(13)5-7-3-2-4-11-7/h7,11,16H,2-6H2,1H3,(H,12,13)(H,14,15). The minimum absolute atomic E-state index is 0.176. The third-order valence-corrected chi connectivity index (χ3v) is 2.68. The van der Waals surface area contributed by atoms with Gasteiger partial charge in [-0.3, -0.25) is 4.79 Å². The van der Waals surface area contributed by atoms with E-state index in [0.717, 1.165) is 26.3 Å². The largest absolute Gasteiger partial charge is 0.479 e. The molecule has 92 valence electrons. The number of rotatable bonds is 5. The molecule has 2 unspecified atom stereocenters. The molecule has 0 bridgehead atoms. The average molecular weight is 230 g/mol. The second-order valence-corrected chi connectivity index (χ2v) is 4.35. The molecule has 0 aromatic carbocycles. The van der Waals surface area contributed by atoms with Crippen LogP contribution < -0.4 is 10.6 Å². The molecule has 1 aliphatic rings. The number of carbonyl (C=O) groups is 2. The second kappa shape index (κ2) is 5.27. The number of carbonyl (C=O) groups excluding carboxylic acids is 1. The van der Waals surface area contributed by atoms with Crippen molar-refractivity contribution in [2.24, 2.45) is 0 Å². The van der Waals surface area contributed by atoms with Crippen LogP contribution in [0.25, 0.3) is 0 Å². The van der Waals surface area contributed by atoms with Gasteiger partial charge < -0.3 is 20.8 Å². The van der Waals surface area contributed by atoms with Crippen LogP contribution in [0, 0.1) is 0 Å². The highest BCUT2D eigenvalue weighted by Gasteiger charge is 2.30. The van der Waals surface area contributed by atoms with Gasteiger partial charge in [-0.15, -0.1) is 0 Å². The molecule has 0 aromatic rings. The van der Waals surface area contributed by atoms with Gasteiger partial charge in [0.15, 0.2) is 5.60 Å². The third kappa shape index (κ3) is 3.79. The van der Waals surface area contributed by atoms with Crippen molar-refractivity contribution in [2.75, 3.05) is 13.1 Å². The Balaban J connectivity index is 2.26. The summed E-state index contributed by atoms with van der Waals surface area (Å²) in [5.74, 6) is -1.58. The molecule has 0 saturated carbocycles. The molecule has 1 heterocycles. The summed E-state index contributed by atoms with van der Waals surface area (Å²) >= 11 is 0. The van der Waals surface area contributed by atoms with E-state index in [2.05, 4.69) is 10.6 Å². The number of nitrogens with one attached hydrogen (secondary N) is 2. The molecular weight excluding hydrogens is 212 g/mol. The first kappa shape index (κ1) is 12.9. The van der Waals surface area contributed by atoms with Crippen LogP contribution in [0.5, 0.6) is 0 Å². The zero-order valence-electron chi connectivity index (χ0n) is 9.32. The molecule has 1 saturated heterocycles. The minimum atomic E-state index is -1.90. The molecule has 1 fully saturated rings. The highest BCUT2D eigenvalue weighted by molar-refractivity contribution is 5.80. The molecule has 0 aliphatic carbocycles. The van der Waals surface area contributed by atoms with E-state index in [-0.39, 0.29) is 18.5 Å². The summed E-state index contributed by atoms with van der Waals surface area (Å²) in [6.07, 6.45) is 2.35. The number of aliphatic carboxylic acids is 1. The molecule has 1 amide bonds. The molecule has 6 heteroatoms. The van der Waals surface area contributed by atoms with Crippen molar-refractivity contribution in [1.82, 2.24) is 10.6 Å². The summed E-state index contributed by atoms with van der Waals surface area (Å²) in [5.41, 5.74) is -1.90. The fraction of sp³-hybridized carbons (Fsp3) is 0.800. The summed E-state index contributed by atoms with van der Waals surface area (Å²) in [5, 5.41) is 23.6. The van der Waals surface area contributed by atoms with Crippen molar-refractivity contribution in [1.29, 1.82) is 0 Å². The van der Waals surface area contributed by atoms with Crippen molar-refractivity contribution in [3.8, 4) is 0 Å². The lowest BCUT2D eigenvalue weighted by molar-refractivity contribution is -0.156. The van der Waals surface area contributed by atoms with Gasteiger partial charge in [-0.05, 0) is 26.3 Å². The van der Waals surface area contributed by atoms with Gasteiger partial charge in [0.25, 0.3) is 0 Å². The molecule has 0 spiro atoms. The molecule has 4 N–H and O–H groups in total. The molecule has 2 atom stereocenters. The fourth-order valence-electron chi connectivity index (χ4n) is 1.57. The predicted octanol–water partition coefficient (Wildman–Crippen LogP) is -0.920. The zero-order valence-corrected chi connectivity index (χ0v) is 9.32. The van der Waals surface area contributed by atoms with Crippen molar-refractivity contribution >= 4 is 11.9 Å². The number of carboxylic acid groups (broad SMARTS) is 1. The average Bonchev–Trinajstić information content (AvgIpc) is 2.67. The lowest BCUT2D eigenvalue weighted by Crippen LogP contribution is -2.47. The Morgan fingerprint density at radius 1 is 1.56 bits per heavy atom. The first-order chi connectivity index (χ1) is 7.42. The highest BCUT2D eigenvalue weighted by Crippen LogP contribution is 2.08. The predicted molar refractivity (Wildman–Crippen MR) is 56.9 cm³/mol. The van der Waals surface area contributed by atoms with Crippen molar-refractivity contribution in [2.45, 2.75) is 37.8 Å². The highest BCUT2D eigenvalue weighted by atomic mass is 16.4. The summed E-state index contributed by atoms with van der Waals surface area (Å²) in [7, 11) is 0. The van der Waals surface area contributed by atoms with Gasteiger partial charge in [0.05, 0.1) is 6.54 Å². The Kier molecular flexibility index (Phi) is 4.26. The monoisotopic (exact) mass is 230 g/mol. The van der Waals surface area contributed by atoms with E-state index < -0.39 is 11.6 Å². The van der Waals surface area contributed by atoms with Crippen molar-refractivity contribution in [3.05, 3.63) is 0 Å². The van der Waals surface area contributed by atoms with E-state index in [9.17, 15) is 14.7 Å². The molecule has 0 aromatic heterocycles. The van der Waals surface area contributed by atoms with Crippen molar-refractivity contribution in [3.63, 3.8) is 0 Å². The SMILES string of the molecule is CC(O)(CNC(=O)CC1CCCN1)C(=O)O. The van der Waals surface area contributed by atoms with E-state index in [4.69, 9.17) is 5.11 Å². The Morgan fingerprint density at radius 3 is 2.75 bits per heavy atom. The van der Waals surface area contributed by atoms with Gasteiger partial charge >= 0.3 is 5.97 Å². The normalized spacial score (nSPS) is 23.8. The van der Waals surface area contributed by atoms with Gasteiger partial charge in [-0.2, -0.15) is 0 Å². The smallest absolute Gasteiger partial charge is 0.337 e. The van der Waals surface area contributed by atoms with Crippen LogP contribution in [-0.2, 0) is 9.59 Å². The number of hydrogen-bond donors (Lipinski definition) is 4. The second-order valence-electron chi connectivity index (χ2n) is 4.35. The molecule has 1 rings (SSSR count). The lowest BCUT2D eigenvalue weighted by Gasteiger charge is -2.19. The Hall–Kier alpha value is -1.14. The van der Waals surface area contributed by atoms with Gasteiger partial charge in [-0.1, -0.05) is 0 Å². The van der Waals surface area contributed by atoms with Crippen LogP contribution in [0.15, 0.2) is 0 Å². The lowest BCUT2D eigenvalue weighted by atomic mass is 10.1. The quantitative estimate of drug-likeness (QED) is 0.489. The maximum atomic E-state index is 11.4. The minimum Gasteiger partial charge on any atom is -0.479 e. The number of hydrogen-bond acceptors (Lipinski definition) is 4. The van der Waals surface area contributed by atoms with E-state index in [1.807, 2.05) is 0 Å². The van der Waals surface area contributed by atoms with Crippen LogP contribution in [-0.4, -0.2) is 46.8 Å². The molecule has 6 nitrogen and oxygen atoms in total. The fourth-order valence-corrected chi connectivity index (χ4v) is 1.57. The number of carboxylic acids is 1. The van der Waals surface area contributed by atoms with E-state index in [1.54, 1.807) is 0 Å². The summed E-state index contributed by atoms with van der Waals surface area (Å²) in [6, 6.07) is 0.176. The zero-order chi connectivity index (χ0) is 12.2. The van der Waals surface area contributed by atoms with E-state index in [0.29, 0.717) is 6.42 Å². The van der Waals surface area contributed by atoms with Gasteiger partial charge in [-0.25, -0.2) is 4.79 Å². The van der Waals surface area contributed by atoms with Gasteiger partial charge in [0.2, 0.25) is 5.91 Å². The first-order valence-electron chi connectivity index (χ1n) is 5.37. The van der Waals surface area contributed by atoms with Crippen molar-refractivity contribution < 1.29 is 19.8 Å². The first-order valence-corrected chi connectivity index (χ1v) is 5.37. The molecule has 16 heavy (non-hydrogen) atoms. The molecular formula is C10H18N2O4. The molecule has 1 aliphatic heterocycles. The third-order valence-electron chi connectivity index (χ3n) is 2.68. The summed E-state index contributed by atoms with van der Waals surface area (Å²) in [4.78, 5) is 22.0.